The Balaban J connectivity index is 1.57. The molecule has 31 heavy (non-hydrogen) atoms. The quantitative estimate of drug-likeness (QED) is 0.196. The number of carbonyl (C=O) groups excluding carboxylic acids is 2. The fourth-order valence-corrected chi connectivity index (χ4v) is 8.19. The van der Waals surface area contributed by atoms with Crippen LogP contribution in [-0.2, 0) is 24.4 Å². The van der Waals surface area contributed by atoms with E-state index in [0.29, 0.717) is 14.9 Å². The van der Waals surface area contributed by atoms with Gasteiger partial charge in [-0.3, -0.25) is 0 Å². The molecule has 4 atom stereocenters. The van der Waals surface area contributed by atoms with E-state index in [0.717, 1.165) is 12.7 Å². The summed E-state index contributed by atoms with van der Waals surface area (Å²) in [4.78, 5) is 24.5. The van der Waals surface area contributed by atoms with Crippen LogP contribution in [0.4, 0.5) is 8.78 Å². The molecule has 1 aromatic carbocycles. The molecular weight excluding hydrogens is 803 g/mol. The molecular formula is C16H10F2I3O8S2-. The highest BCUT2D eigenvalue weighted by Crippen LogP contribution is 2.57. The van der Waals surface area contributed by atoms with Crippen molar-refractivity contribution in [3.63, 3.8) is 0 Å². The van der Waals surface area contributed by atoms with E-state index in [4.69, 9.17) is 9.47 Å². The molecule has 170 valence electrons. The molecule has 0 N–H and O–H groups in total. The van der Waals surface area contributed by atoms with Crippen molar-refractivity contribution in [1.82, 2.24) is 0 Å². The molecule has 3 aliphatic heterocycles. The lowest BCUT2D eigenvalue weighted by Gasteiger charge is -2.41. The lowest BCUT2D eigenvalue weighted by Crippen LogP contribution is -2.54. The minimum absolute atomic E-state index is 0.00370. The molecule has 4 rings (SSSR count). The molecule has 0 amide bonds. The van der Waals surface area contributed by atoms with Crippen molar-refractivity contribution in [1.29, 1.82) is 0 Å². The van der Waals surface area contributed by atoms with Gasteiger partial charge in [0.1, 0.15) is 17.4 Å². The summed E-state index contributed by atoms with van der Waals surface area (Å²) in [6.45, 7) is 1.82. The zero-order valence-corrected chi connectivity index (χ0v) is 23.2. The largest absolute Gasteiger partial charge is 0.743 e. The summed E-state index contributed by atoms with van der Waals surface area (Å²) in [5.74, 6) is -3.92. The molecule has 0 aliphatic carbocycles. The Morgan fingerprint density at radius 2 is 1.90 bits per heavy atom. The van der Waals surface area contributed by atoms with E-state index in [1.165, 1.54) is 11.8 Å². The molecule has 0 aromatic heterocycles. The van der Waals surface area contributed by atoms with Crippen molar-refractivity contribution < 1.29 is 45.6 Å². The molecule has 1 spiro atoms. The van der Waals surface area contributed by atoms with Gasteiger partial charge in [0.15, 0.2) is 10.1 Å². The van der Waals surface area contributed by atoms with E-state index in [-0.39, 0.29) is 12.8 Å². The normalized spacial score (nSPS) is 29.5. The average Bonchev–Trinajstić information content (AvgIpc) is 3.20. The van der Waals surface area contributed by atoms with Gasteiger partial charge in [-0.15, -0.1) is 11.8 Å². The van der Waals surface area contributed by atoms with Crippen LogP contribution >= 0.6 is 79.5 Å². The number of hydrogen-bond acceptors (Lipinski definition) is 9. The van der Waals surface area contributed by atoms with Crippen molar-refractivity contribution in [2.24, 2.45) is 0 Å². The van der Waals surface area contributed by atoms with Gasteiger partial charge in [0, 0.05) is 34.4 Å². The number of rotatable bonds is 3. The Labute approximate surface area is 220 Å². The molecule has 0 radical (unpaired) electrons. The topological polar surface area (TPSA) is 119 Å². The third-order valence-corrected chi connectivity index (χ3v) is 13.3. The van der Waals surface area contributed by atoms with E-state index >= 15 is 0 Å². The Morgan fingerprint density at radius 1 is 1.26 bits per heavy atom. The van der Waals surface area contributed by atoms with Crippen LogP contribution in [0.3, 0.4) is 0 Å². The third kappa shape index (κ3) is 3.75. The standard InChI is InChI=1S/C16H11F2I3O8S2/c1-4-9(19)11(21)10(20)8-12(4)28-15(29-13(8)22)3-6-5(2-7(15)30-6)27-14(23)16(17,18)31(24,25)26/h5-7H,2-3H2,1H3,(H,24,25,26)/p-1. The van der Waals surface area contributed by atoms with Gasteiger partial charge in [0.05, 0.1) is 5.25 Å². The fraction of sp³-hybridized carbons (Fsp3) is 0.500. The van der Waals surface area contributed by atoms with E-state index in [1.807, 2.05) is 29.5 Å². The fourth-order valence-electron chi connectivity index (χ4n) is 3.71. The summed E-state index contributed by atoms with van der Waals surface area (Å²) in [6.07, 6.45) is -1.02. The lowest BCUT2D eigenvalue weighted by molar-refractivity contribution is -0.185. The molecule has 0 saturated carbocycles. The molecule has 15 heteroatoms. The average molecular weight is 813 g/mol. The number of benzene rings is 1. The minimum Gasteiger partial charge on any atom is -0.743 e. The van der Waals surface area contributed by atoms with Gasteiger partial charge < -0.3 is 18.8 Å². The van der Waals surface area contributed by atoms with E-state index in [9.17, 15) is 31.3 Å². The first-order valence-electron chi connectivity index (χ1n) is 8.49. The van der Waals surface area contributed by atoms with Crippen LogP contribution in [0, 0.1) is 17.6 Å². The number of hydrogen-bond donors (Lipinski definition) is 0. The van der Waals surface area contributed by atoms with Crippen LogP contribution < -0.4 is 4.74 Å². The van der Waals surface area contributed by atoms with Gasteiger partial charge in [-0.05, 0) is 74.7 Å². The van der Waals surface area contributed by atoms with Gasteiger partial charge >= 0.3 is 17.2 Å². The molecule has 4 unspecified atom stereocenters. The Hall–Kier alpha value is 0.270. The lowest BCUT2D eigenvalue weighted by atomic mass is 9.90. The Morgan fingerprint density at radius 3 is 2.45 bits per heavy atom. The summed E-state index contributed by atoms with van der Waals surface area (Å²) < 4.78 is 77.9. The SMILES string of the molecule is Cc1c(I)c(I)c(I)c2c1OC1(CC3SC1CC3OC(=O)C(F)(F)S(=O)(=O)[O-])OC2=O. The summed E-state index contributed by atoms with van der Waals surface area (Å²) >= 11 is 7.59. The highest BCUT2D eigenvalue weighted by atomic mass is 127. The van der Waals surface area contributed by atoms with Crippen LogP contribution in [0.2, 0.25) is 0 Å². The summed E-state index contributed by atoms with van der Waals surface area (Å²) in [5, 5.41) is -6.28. The Kier molecular flexibility index (Phi) is 6.22. The van der Waals surface area contributed by atoms with Crippen molar-refractivity contribution in [3.05, 3.63) is 21.8 Å². The van der Waals surface area contributed by atoms with Crippen LogP contribution in [-0.4, -0.2) is 52.6 Å². The first-order chi connectivity index (χ1) is 14.2. The molecule has 2 fully saturated rings. The second-order valence-corrected chi connectivity index (χ2v) is 13.2. The zero-order valence-electron chi connectivity index (χ0n) is 15.1. The summed E-state index contributed by atoms with van der Waals surface area (Å²) in [6, 6.07) is 0. The number of esters is 2. The van der Waals surface area contributed by atoms with E-state index in [2.05, 4.69) is 49.9 Å². The monoisotopic (exact) mass is 813 g/mol. The van der Waals surface area contributed by atoms with Gasteiger partial charge in [-0.2, -0.15) is 8.78 Å². The maximum absolute atomic E-state index is 13.5. The van der Waals surface area contributed by atoms with Gasteiger partial charge in [0.25, 0.3) is 5.79 Å². The molecule has 8 nitrogen and oxygen atoms in total. The number of halogens is 5. The highest BCUT2D eigenvalue weighted by Gasteiger charge is 2.64. The number of alkyl halides is 2. The number of thioether (sulfide) groups is 1. The summed E-state index contributed by atoms with van der Waals surface area (Å²) in [7, 11) is -6.20. The maximum Gasteiger partial charge on any atom is 0.428 e. The van der Waals surface area contributed by atoms with Crippen LogP contribution in [0.1, 0.15) is 28.8 Å². The zero-order chi connectivity index (χ0) is 23.1. The number of carbonyl (C=O) groups is 2. The van der Waals surface area contributed by atoms with Gasteiger partial charge in [0.2, 0.25) is 0 Å². The smallest absolute Gasteiger partial charge is 0.428 e. The number of ether oxygens (including phenoxy) is 3. The van der Waals surface area contributed by atoms with Crippen molar-refractivity contribution in [2.75, 3.05) is 0 Å². The van der Waals surface area contributed by atoms with Gasteiger partial charge in [-0.1, -0.05) is 0 Å². The molecule has 1 aromatic rings. The molecule has 2 saturated heterocycles. The first kappa shape index (κ1) is 24.4. The molecule has 3 aliphatic rings. The van der Waals surface area contributed by atoms with Crippen molar-refractivity contribution >= 4 is 102 Å². The van der Waals surface area contributed by atoms with Crippen LogP contribution in [0.5, 0.6) is 5.75 Å². The van der Waals surface area contributed by atoms with Gasteiger partial charge in [-0.25, -0.2) is 18.0 Å². The number of fused-ring (bicyclic) bond motifs is 4. The second kappa shape index (κ2) is 7.91. The highest BCUT2D eigenvalue weighted by molar-refractivity contribution is 14.1. The van der Waals surface area contributed by atoms with Crippen LogP contribution in [0.15, 0.2) is 0 Å². The predicted molar refractivity (Wildman–Crippen MR) is 127 cm³/mol. The van der Waals surface area contributed by atoms with Crippen molar-refractivity contribution in [2.45, 2.75) is 47.4 Å². The minimum atomic E-state index is -6.20. The first-order valence-corrected chi connectivity index (χ1v) is 14.1. The van der Waals surface area contributed by atoms with Crippen LogP contribution in [0.25, 0.3) is 0 Å². The van der Waals surface area contributed by atoms with E-state index in [1.54, 1.807) is 0 Å². The molecule has 3 heterocycles. The van der Waals surface area contributed by atoms with Crippen molar-refractivity contribution in [3.8, 4) is 5.75 Å². The second-order valence-electron chi connectivity index (χ2n) is 7.09. The van der Waals surface area contributed by atoms with E-state index < -0.39 is 49.7 Å². The Bertz CT molecular complexity index is 1130. The maximum atomic E-state index is 13.5. The third-order valence-electron chi connectivity index (χ3n) is 5.23. The molecule has 2 bridgehead atoms. The summed E-state index contributed by atoms with van der Waals surface area (Å²) in [5.41, 5.74) is 1.09. The predicted octanol–water partition coefficient (Wildman–Crippen LogP) is 3.38.